The number of ether oxygens (including phenoxy) is 1. The number of fused-ring (bicyclic) bond motifs is 1. The van der Waals surface area contributed by atoms with Crippen molar-refractivity contribution < 1.29 is 4.74 Å². The zero-order chi connectivity index (χ0) is 14.1. The van der Waals surface area contributed by atoms with Crippen LogP contribution in [0.4, 0.5) is 0 Å². The summed E-state index contributed by atoms with van der Waals surface area (Å²) in [6.45, 7) is 4.72. The van der Waals surface area contributed by atoms with Crippen molar-refractivity contribution in [3.05, 3.63) is 35.4 Å². The Labute approximate surface area is 122 Å². The lowest BCUT2D eigenvalue weighted by molar-refractivity contribution is -0.0629. The normalized spacial score (nSPS) is 37.5. The maximum atomic E-state index is 6.44. The Morgan fingerprint density at radius 2 is 1.85 bits per heavy atom. The topological polar surface area (TPSA) is 35.2 Å². The van der Waals surface area contributed by atoms with Crippen LogP contribution >= 0.6 is 0 Å². The summed E-state index contributed by atoms with van der Waals surface area (Å²) in [4.78, 5) is 0. The molecule has 1 aromatic carbocycles. The van der Waals surface area contributed by atoms with E-state index in [1.54, 1.807) is 0 Å². The zero-order valence-electron chi connectivity index (χ0n) is 12.7. The van der Waals surface area contributed by atoms with Crippen molar-refractivity contribution in [3.63, 3.8) is 0 Å². The molecule has 0 heterocycles. The molecule has 110 valence electrons. The van der Waals surface area contributed by atoms with Gasteiger partial charge in [0.05, 0.1) is 18.2 Å². The molecular formula is C18H27NO. The van der Waals surface area contributed by atoms with Crippen LogP contribution in [0.15, 0.2) is 24.3 Å². The molecule has 1 fully saturated rings. The van der Waals surface area contributed by atoms with Crippen molar-refractivity contribution in [1.29, 1.82) is 0 Å². The molecular weight excluding hydrogens is 246 g/mol. The van der Waals surface area contributed by atoms with Crippen molar-refractivity contribution in [2.24, 2.45) is 17.6 Å². The van der Waals surface area contributed by atoms with E-state index in [0.29, 0.717) is 6.10 Å². The van der Waals surface area contributed by atoms with E-state index >= 15 is 0 Å². The van der Waals surface area contributed by atoms with Gasteiger partial charge in [-0.15, -0.1) is 0 Å². The summed E-state index contributed by atoms with van der Waals surface area (Å²) in [5.74, 6) is 1.62. The summed E-state index contributed by atoms with van der Waals surface area (Å²) in [6, 6.07) is 8.62. The molecule has 2 heteroatoms. The van der Waals surface area contributed by atoms with Gasteiger partial charge in [0.15, 0.2) is 0 Å². The van der Waals surface area contributed by atoms with Crippen LogP contribution in [-0.2, 0) is 11.2 Å². The van der Waals surface area contributed by atoms with Crippen LogP contribution in [0.25, 0.3) is 0 Å². The fourth-order valence-electron chi connectivity index (χ4n) is 3.79. The van der Waals surface area contributed by atoms with Gasteiger partial charge in [0, 0.05) is 0 Å². The summed E-state index contributed by atoms with van der Waals surface area (Å²) in [5, 5.41) is 0. The van der Waals surface area contributed by atoms with E-state index in [0.717, 1.165) is 24.7 Å². The first kappa shape index (κ1) is 14.1. The van der Waals surface area contributed by atoms with Crippen LogP contribution in [0, 0.1) is 11.8 Å². The van der Waals surface area contributed by atoms with Gasteiger partial charge in [-0.1, -0.05) is 38.1 Å². The molecule has 1 saturated carbocycles. The molecule has 5 unspecified atom stereocenters. The first-order chi connectivity index (χ1) is 9.65. The van der Waals surface area contributed by atoms with Gasteiger partial charge >= 0.3 is 0 Å². The molecule has 0 radical (unpaired) electrons. The largest absolute Gasteiger partial charge is 0.373 e. The summed E-state index contributed by atoms with van der Waals surface area (Å²) in [6.07, 6.45) is 6.50. The van der Waals surface area contributed by atoms with Gasteiger partial charge in [0.1, 0.15) is 0 Å². The fourth-order valence-corrected chi connectivity index (χ4v) is 3.79. The molecule has 2 nitrogen and oxygen atoms in total. The Hall–Kier alpha value is -0.860. The molecule has 3 rings (SSSR count). The molecule has 0 saturated heterocycles. The summed E-state index contributed by atoms with van der Waals surface area (Å²) >= 11 is 0. The minimum Gasteiger partial charge on any atom is -0.373 e. The van der Waals surface area contributed by atoms with E-state index in [9.17, 15) is 0 Å². The van der Waals surface area contributed by atoms with Crippen LogP contribution in [0.5, 0.6) is 0 Å². The van der Waals surface area contributed by atoms with E-state index in [1.807, 2.05) is 0 Å². The van der Waals surface area contributed by atoms with Crippen LogP contribution in [-0.4, -0.2) is 12.2 Å². The highest BCUT2D eigenvalue weighted by Crippen LogP contribution is 2.35. The Morgan fingerprint density at radius 1 is 1.05 bits per heavy atom. The first-order valence-electron chi connectivity index (χ1n) is 8.14. The van der Waals surface area contributed by atoms with Gasteiger partial charge in [-0.3, -0.25) is 0 Å². The number of benzene rings is 1. The minimum atomic E-state index is 0.0506. The van der Waals surface area contributed by atoms with Crippen LogP contribution in [0.3, 0.4) is 0 Å². The third-order valence-electron chi connectivity index (χ3n) is 5.43. The second kappa shape index (κ2) is 5.87. The highest BCUT2D eigenvalue weighted by molar-refractivity contribution is 5.33. The quantitative estimate of drug-likeness (QED) is 0.888. The molecule has 1 aromatic rings. The minimum absolute atomic E-state index is 0.0506. The maximum absolute atomic E-state index is 6.44. The lowest BCUT2D eigenvalue weighted by Gasteiger charge is -2.38. The second-order valence-electron chi connectivity index (χ2n) is 6.83. The first-order valence-corrected chi connectivity index (χ1v) is 8.14. The molecule has 20 heavy (non-hydrogen) atoms. The predicted molar refractivity (Wildman–Crippen MR) is 82.5 cm³/mol. The van der Waals surface area contributed by atoms with Crippen LogP contribution in [0.2, 0.25) is 0 Å². The van der Waals surface area contributed by atoms with Crippen LogP contribution < -0.4 is 5.73 Å². The summed E-state index contributed by atoms with van der Waals surface area (Å²) in [5.41, 5.74) is 9.15. The number of hydrogen-bond donors (Lipinski definition) is 1. The van der Waals surface area contributed by atoms with E-state index in [1.165, 1.54) is 30.4 Å². The lowest BCUT2D eigenvalue weighted by atomic mass is 9.80. The van der Waals surface area contributed by atoms with Gasteiger partial charge in [-0.2, -0.15) is 0 Å². The van der Waals surface area contributed by atoms with Crippen molar-refractivity contribution in [1.82, 2.24) is 0 Å². The van der Waals surface area contributed by atoms with Gasteiger partial charge in [-0.05, 0) is 55.1 Å². The van der Waals surface area contributed by atoms with Gasteiger partial charge in [0.2, 0.25) is 0 Å². The van der Waals surface area contributed by atoms with Gasteiger partial charge in [-0.25, -0.2) is 0 Å². The Kier molecular flexibility index (Phi) is 4.13. The number of aryl methyl sites for hydroxylation is 1. The summed E-state index contributed by atoms with van der Waals surface area (Å²) in [7, 11) is 0. The smallest absolute Gasteiger partial charge is 0.0774 e. The molecule has 2 aliphatic rings. The summed E-state index contributed by atoms with van der Waals surface area (Å²) < 4.78 is 6.40. The molecule has 0 aromatic heterocycles. The van der Waals surface area contributed by atoms with E-state index in [4.69, 9.17) is 10.5 Å². The highest BCUT2D eigenvalue weighted by Gasteiger charge is 2.32. The van der Waals surface area contributed by atoms with Crippen molar-refractivity contribution >= 4 is 0 Å². The maximum Gasteiger partial charge on any atom is 0.0774 e. The van der Waals surface area contributed by atoms with Crippen molar-refractivity contribution in [3.8, 4) is 0 Å². The Bertz CT molecular complexity index is 458. The van der Waals surface area contributed by atoms with Gasteiger partial charge in [0.25, 0.3) is 0 Å². The molecule has 5 atom stereocenters. The van der Waals surface area contributed by atoms with Crippen molar-refractivity contribution in [2.45, 2.75) is 64.2 Å². The predicted octanol–water partition coefficient (Wildman–Crippen LogP) is 3.84. The number of hydrogen-bond acceptors (Lipinski definition) is 2. The van der Waals surface area contributed by atoms with Crippen LogP contribution in [0.1, 0.15) is 56.7 Å². The molecule has 0 bridgehead atoms. The average molecular weight is 273 g/mol. The second-order valence-corrected chi connectivity index (χ2v) is 6.83. The molecule has 2 N–H and O–H groups in total. The zero-order valence-corrected chi connectivity index (χ0v) is 12.7. The monoisotopic (exact) mass is 273 g/mol. The Balaban J connectivity index is 1.65. The van der Waals surface area contributed by atoms with Crippen molar-refractivity contribution in [2.75, 3.05) is 0 Å². The molecule has 2 aliphatic carbocycles. The van der Waals surface area contributed by atoms with E-state index in [-0.39, 0.29) is 12.1 Å². The SMILES string of the molecule is CC1CCC(OC2CCc3ccccc3C2N)CC1C. The highest BCUT2D eigenvalue weighted by atomic mass is 16.5. The van der Waals surface area contributed by atoms with E-state index in [2.05, 4.69) is 38.1 Å². The third-order valence-corrected chi connectivity index (χ3v) is 5.43. The number of nitrogens with two attached hydrogens (primary N) is 1. The third kappa shape index (κ3) is 2.77. The molecule has 0 amide bonds. The van der Waals surface area contributed by atoms with E-state index < -0.39 is 0 Å². The van der Waals surface area contributed by atoms with Gasteiger partial charge < -0.3 is 10.5 Å². The number of rotatable bonds is 2. The standard InChI is InChI=1S/C18H27NO/c1-12-7-9-15(11-13(12)2)20-17-10-8-14-5-3-4-6-16(14)18(17)19/h3-6,12-13,15,17-18H,7-11,19H2,1-2H3. The Morgan fingerprint density at radius 3 is 2.65 bits per heavy atom. The molecule has 0 spiro atoms. The lowest BCUT2D eigenvalue weighted by Crippen LogP contribution is -2.38. The molecule has 0 aliphatic heterocycles. The average Bonchev–Trinajstić information content (AvgIpc) is 2.46. The fraction of sp³-hybridized carbons (Fsp3) is 0.667.